The van der Waals surface area contributed by atoms with E-state index in [0.717, 1.165) is 48.7 Å². The average Bonchev–Trinajstić information content (AvgIpc) is 2.56. The Labute approximate surface area is 138 Å². The fourth-order valence-corrected chi connectivity index (χ4v) is 2.34. The van der Waals surface area contributed by atoms with Gasteiger partial charge in [0.1, 0.15) is 10.7 Å². The van der Waals surface area contributed by atoms with E-state index in [0.29, 0.717) is 0 Å². The first-order valence-corrected chi connectivity index (χ1v) is 8.25. The summed E-state index contributed by atoms with van der Waals surface area (Å²) in [5.41, 5.74) is 2.35. The van der Waals surface area contributed by atoms with Crippen LogP contribution in [0.5, 0.6) is 5.75 Å². The molecule has 0 saturated heterocycles. The van der Waals surface area contributed by atoms with Crippen LogP contribution in [0.15, 0.2) is 54.6 Å². The fourth-order valence-electron chi connectivity index (χ4n) is 2.10. The third kappa shape index (κ3) is 5.49. The number of ether oxygens (including phenoxy) is 1. The van der Waals surface area contributed by atoms with Gasteiger partial charge >= 0.3 is 0 Å². The van der Waals surface area contributed by atoms with Crippen LogP contribution >= 0.6 is 12.2 Å². The van der Waals surface area contributed by atoms with Gasteiger partial charge in [0.15, 0.2) is 0 Å². The van der Waals surface area contributed by atoms with Crippen molar-refractivity contribution in [2.75, 3.05) is 13.2 Å². The molecule has 1 N–H and O–H groups in total. The van der Waals surface area contributed by atoms with Crippen molar-refractivity contribution in [3.05, 3.63) is 65.7 Å². The molecule has 2 rings (SSSR count). The summed E-state index contributed by atoms with van der Waals surface area (Å²) in [6.45, 7) is 3.78. The van der Waals surface area contributed by atoms with Crippen molar-refractivity contribution >= 4 is 17.2 Å². The second-order valence-corrected chi connectivity index (χ2v) is 5.63. The van der Waals surface area contributed by atoms with Gasteiger partial charge in [0.2, 0.25) is 0 Å². The molecule has 0 saturated carbocycles. The predicted molar refractivity (Wildman–Crippen MR) is 96.7 cm³/mol. The van der Waals surface area contributed by atoms with Crippen molar-refractivity contribution in [3.8, 4) is 5.75 Å². The van der Waals surface area contributed by atoms with E-state index in [1.165, 1.54) is 5.56 Å². The predicted octanol–water partition coefficient (Wildman–Crippen LogP) is 4.37. The molecule has 0 aliphatic rings. The first-order valence-electron chi connectivity index (χ1n) is 7.84. The lowest BCUT2D eigenvalue weighted by Gasteiger charge is -2.10. The zero-order chi connectivity index (χ0) is 15.6. The highest BCUT2D eigenvalue weighted by Gasteiger charge is 2.01. The van der Waals surface area contributed by atoms with Crippen molar-refractivity contribution in [2.45, 2.75) is 26.2 Å². The molecule has 0 radical (unpaired) electrons. The van der Waals surface area contributed by atoms with Crippen molar-refractivity contribution in [1.82, 2.24) is 5.32 Å². The summed E-state index contributed by atoms with van der Waals surface area (Å²) in [4.78, 5) is 0.788. The summed E-state index contributed by atoms with van der Waals surface area (Å²) in [6.07, 6.45) is 3.20. The molecule has 2 aromatic carbocycles. The van der Waals surface area contributed by atoms with Crippen molar-refractivity contribution < 1.29 is 4.74 Å². The van der Waals surface area contributed by atoms with Crippen LogP contribution in [-0.4, -0.2) is 18.1 Å². The molecule has 0 aliphatic carbocycles. The molecule has 3 heteroatoms. The summed E-state index contributed by atoms with van der Waals surface area (Å²) in [5, 5.41) is 3.31. The molecule has 116 valence electrons. The molecule has 2 aromatic rings. The zero-order valence-electron chi connectivity index (χ0n) is 13.0. The summed E-state index contributed by atoms with van der Waals surface area (Å²) in [7, 11) is 0. The highest BCUT2D eigenvalue weighted by atomic mass is 32.1. The maximum Gasteiger partial charge on any atom is 0.119 e. The van der Waals surface area contributed by atoms with Crippen molar-refractivity contribution in [2.24, 2.45) is 0 Å². The van der Waals surface area contributed by atoms with Crippen LogP contribution in [0, 0.1) is 0 Å². The van der Waals surface area contributed by atoms with E-state index >= 15 is 0 Å². The Morgan fingerprint density at radius 2 is 1.77 bits per heavy atom. The lowest BCUT2D eigenvalue weighted by Crippen LogP contribution is -2.24. The van der Waals surface area contributed by atoms with Crippen LogP contribution in [0.1, 0.15) is 30.9 Å². The molecular formula is C19H23NOS. The van der Waals surface area contributed by atoms with Gasteiger partial charge in [0.25, 0.3) is 0 Å². The second-order valence-electron chi connectivity index (χ2n) is 5.22. The SMILES string of the molecule is CCCCOc1ccc(C(=S)NCCc2ccccc2)cc1. The van der Waals surface area contributed by atoms with E-state index < -0.39 is 0 Å². The van der Waals surface area contributed by atoms with Gasteiger partial charge in [0.05, 0.1) is 6.61 Å². The second kappa shape index (κ2) is 9.21. The van der Waals surface area contributed by atoms with Crippen LogP contribution in [0.2, 0.25) is 0 Å². The van der Waals surface area contributed by atoms with E-state index in [1.54, 1.807) is 0 Å². The number of hydrogen-bond acceptors (Lipinski definition) is 2. The Balaban J connectivity index is 1.77. The Bertz CT molecular complexity index is 566. The van der Waals surface area contributed by atoms with E-state index in [-0.39, 0.29) is 0 Å². The maximum atomic E-state index is 5.66. The van der Waals surface area contributed by atoms with Gasteiger partial charge in [-0.3, -0.25) is 0 Å². The summed E-state index contributed by atoms with van der Waals surface area (Å²) in [5.74, 6) is 0.907. The number of benzene rings is 2. The first-order chi connectivity index (χ1) is 10.8. The number of nitrogens with one attached hydrogen (secondary N) is 1. The van der Waals surface area contributed by atoms with Crippen LogP contribution in [0.25, 0.3) is 0 Å². The number of thiocarbonyl (C=S) groups is 1. The van der Waals surface area contributed by atoms with Crippen molar-refractivity contribution in [3.63, 3.8) is 0 Å². The Kier molecular flexibility index (Phi) is 6.91. The van der Waals surface area contributed by atoms with E-state index in [4.69, 9.17) is 17.0 Å². The third-order valence-corrected chi connectivity index (χ3v) is 3.81. The van der Waals surface area contributed by atoms with Crippen molar-refractivity contribution in [1.29, 1.82) is 0 Å². The lowest BCUT2D eigenvalue weighted by atomic mass is 10.1. The molecule has 0 bridgehead atoms. The minimum absolute atomic E-state index is 0.773. The molecule has 22 heavy (non-hydrogen) atoms. The van der Waals surface area contributed by atoms with Gasteiger partial charge in [-0.15, -0.1) is 0 Å². The molecule has 0 amide bonds. The van der Waals surface area contributed by atoms with Crippen LogP contribution in [0.3, 0.4) is 0 Å². The highest BCUT2D eigenvalue weighted by molar-refractivity contribution is 7.80. The van der Waals surface area contributed by atoms with Gasteiger partial charge in [-0.25, -0.2) is 0 Å². The molecule has 0 unspecified atom stereocenters. The molecule has 0 atom stereocenters. The minimum atomic E-state index is 0.773. The van der Waals surface area contributed by atoms with E-state index in [1.807, 2.05) is 30.3 Å². The monoisotopic (exact) mass is 313 g/mol. The highest BCUT2D eigenvalue weighted by Crippen LogP contribution is 2.13. The zero-order valence-corrected chi connectivity index (χ0v) is 13.9. The summed E-state index contributed by atoms with van der Waals surface area (Å²) < 4.78 is 5.66. The third-order valence-electron chi connectivity index (χ3n) is 3.43. The standard InChI is InChI=1S/C19H23NOS/c1-2-3-15-21-18-11-9-17(10-12-18)19(22)20-14-13-16-7-5-4-6-8-16/h4-12H,2-3,13-15H2,1H3,(H,20,22). The fraction of sp³-hybridized carbons (Fsp3) is 0.316. The molecule has 0 aromatic heterocycles. The molecule has 2 nitrogen and oxygen atoms in total. The Morgan fingerprint density at radius 3 is 2.45 bits per heavy atom. The Hall–Kier alpha value is -1.87. The molecule has 0 aliphatic heterocycles. The number of unbranched alkanes of at least 4 members (excludes halogenated alkanes) is 1. The quantitative estimate of drug-likeness (QED) is 0.577. The largest absolute Gasteiger partial charge is 0.494 e. The molecule has 0 heterocycles. The van der Waals surface area contributed by atoms with E-state index in [2.05, 4.69) is 36.5 Å². The topological polar surface area (TPSA) is 21.3 Å². The normalized spacial score (nSPS) is 10.2. The summed E-state index contributed by atoms with van der Waals surface area (Å²) in [6, 6.07) is 18.4. The van der Waals surface area contributed by atoms with Gasteiger partial charge < -0.3 is 10.1 Å². The molecule has 0 spiro atoms. The van der Waals surface area contributed by atoms with Gasteiger partial charge in [-0.1, -0.05) is 55.9 Å². The smallest absolute Gasteiger partial charge is 0.119 e. The van der Waals surface area contributed by atoms with Gasteiger partial charge in [0, 0.05) is 12.1 Å². The molecule has 0 fully saturated rings. The molecular weight excluding hydrogens is 290 g/mol. The van der Waals surface area contributed by atoms with Crippen LogP contribution in [0.4, 0.5) is 0 Å². The van der Waals surface area contributed by atoms with E-state index in [9.17, 15) is 0 Å². The maximum absolute atomic E-state index is 5.66. The number of hydrogen-bond donors (Lipinski definition) is 1. The van der Waals surface area contributed by atoms with Gasteiger partial charge in [-0.2, -0.15) is 0 Å². The van der Waals surface area contributed by atoms with Crippen LogP contribution in [-0.2, 0) is 6.42 Å². The van der Waals surface area contributed by atoms with Crippen LogP contribution < -0.4 is 10.1 Å². The lowest BCUT2D eigenvalue weighted by molar-refractivity contribution is 0.309. The first kappa shape index (κ1) is 16.5. The average molecular weight is 313 g/mol. The summed E-state index contributed by atoms with van der Waals surface area (Å²) >= 11 is 5.43. The van der Waals surface area contributed by atoms with Gasteiger partial charge in [-0.05, 0) is 42.7 Å². The Morgan fingerprint density at radius 1 is 1.05 bits per heavy atom. The number of rotatable bonds is 8. The minimum Gasteiger partial charge on any atom is -0.494 e.